The highest BCUT2D eigenvalue weighted by atomic mass is 19.4. The van der Waals surface area contributed by atoms with Crippen molar-refractivity contribution in [3.63, 3.8) is 0 Å². The van der Waals surface area contributed by atoms with E-state index in [0.29, 0.717) is 11.8 Å². The van der Waals surface area contributed by atoms with Crippen LogP contribution in [0.2, 0.25) is 0 Å². The average Bonchev–Trinajstić information content (AvgIpc) is 2.83. The van der Waals surface area contributed by atoms with Crippen LogP contribution in [0.4, 0.5) is 19.0 Å². The lowest BCUT2D eigenvalue weighted by Gasteiger charge is -2.47. The molecule has 1 aromatic heterocycles. The van der Waals surface area contributed by atoms with E-state index in [1.807, 2.05) is 13.8 Å². The number of aldehydes is 1. The standard InChI is InChI=1S/C13H26N2.C11H8F3N3O.C2H6/c1-10(2)11-4-6-13(7-5-11)15-8-12(9-15)14-3;12-11(13,14)7-1-2-9-8(5-7)10(15-3-4-18)17-6-16-9;1-2/h10-14H,4-9H2,1-3H3;1-2,4-6H,3H2,(H,15,16,17);1-2H3. The minimum atomic E-state index is -4.42. The molecule has 9 heteroatoms. The molecular weight excluding hydrogens is 455 g/mol. The summed E-state index contributed by atoms with van der Waals surface area (Å²) >= 11 is 0. The van der Waals surface area contributed by atoms with Gasteiger partial charge in [0, 0.05) is 30.6 Å². The summed E-state index contributed by atoms with van der Waals surface area (Å²) < 4.78 is 37.7. The molecule has 0 radical (unpaired) electrons. The third-order valence-corrected chi connectivity index (χ3v) is 6.83. The molecule has 0 amide bonds. The lowest BCUT2D eigenvalue weighted by molar-refractivity contribution is -0.137. The Morgan fingerprint density at radius 2 is 1.77 bits per heavy atom. The number of aromatic nitrogens is 2. The number of likely N-dealkylation sites (tertiary alicyclic amines) is 1. The van der Waals surface area contributed by atoms with Crippen molar-refractivity contribution < 1.29 is 18.0 Å². The Labute approximate surface area is 207 Å². The molecule has 1 aromatic carbocycles. The van der Waals surface area contributed by atoms with Gasteiger partial charge in [-0.1, -0.05) is 27.7 Å². The predicted octanol–water partition coefficient (Wildman–Crippen LogP) is 5.39. The van der Waals surface area contributed by atoms with E-state index in [0.717, 1.165) is 36.1 Å². The minimum absolute atomic E-state index is 0.0254. The largest absolute Gasteiger partial charge is 0.416 e. The van der Waals surface area contributed by atoms with Crippen LogP contribution in [0.15, 0.2) is 24.5 Å². The number of hydrogen-bond donors (Lipinski definition) is 2. The number of likely N-dealkylation sites (N-methyl/N-ethyl adjacent to an activating group) is 1. The Hall–Kier alpha value is -2.26. The Morgan fingerprint density at radius 1 is 1.11 bits per heavy atom. The number of carbonyl (C=O) groups excluding carboxylic acids is 1. The molecule has 1 saturated carbocycles. The fourth-order valence-electron chi connectivity index (χ4n) is 4.64. The van der Waals surface area contributed by atoms with Gasteiger partial charge in [0.05, 0.1) is 17.6 Å². The summed E-state index contributed by atoms with van der Waals surface area (Å²) in [5.74, 6) is 2.10. The molecule has 1 aliphatic carbocycles. The predicted molar refractivity (Wildman–Crippen MR) is 135 cm³/mol. The Kier molecular flexibility index (Phi) is 11.4. The molecule has 0 unspecified atom stereocenters. The van der Waals surface area contributed by atoms with Crippen LogP contribution < -0.4 is 10.6 Å². The third-order valence-electron chi connectivity index (χ3n) is 6.83. The van der Waals surface area contributed by atoms with Gasteiger partial charge in [-0.15, -0.1) is 0 Å². The number of carbonyl (C=O) groups is 1. The van der Waals surface area contributed by atoms with Crippen LogP contribution in [0.25, 0.3) is 10.9 Å². The molecule has 2 fully saturated rings. The van der Waals surface area contributed by atoms with E-state index in [1.54, 1.807) is 0 Å². The van der Waals surface area contributed by atoms with Gasteiger partial charge in [-0.2, -0.15) is 13.2 Å². The van der Waals surface area contributed by atoms with Gasteiger partial charge in [-0.25, -0.2) is 9.97 Å². The SMILES string of the molecule is CC.CNC1CN(C2CCC(C(C)C)CC2)C1.O=CCNc1ncnc2ccc(C(F)(F)F)cc12. The van der Waals surface area contributed by atoms with Gasteiger partial charge in [0.25, 0.3) is 0 Å². The van der Waals surface area contributed by atoms with Crippen molar-refractivity contribution in [2.75, 3.05) is 32.0 Å². The van der Waals surface area contributed by atoms with Crippen LogP contribution in [0.1, 0.15) is 58.9 Å². The van der Waals surface area contributed by atoms with E-state index in [9.17, 15) is 18.0 Å². The smallest absolute Gasteiger partial charge is 0.363 e. The van der Waals surface area contributed by atoms with Crippen LogP contribution in [-0.4, -0.2) is 59.9 Å². The van der Waals surface area contributed by atoms with Crippen molar-refractivity contribution in [3.05, 3.63) is 30.1 Å². The molecule has 196 valence electrons. The maximum absolute atomic E-state index is 12.6. The number of nitrogens with one attached hydrogen (secondary N) is 2. The minimum Gasteiger partial charge on any atom is -0.363 e. The van der Waals surface area contributed by atoms with Crippen LogP contribution in [-0.2, 0) is 11.0 Å². The molecule has 0 atom stereocenters. The highest BCUT2D eigenvalue weighted by Crippen LogP contribution is 2.34. The molecule has 35 heavy (non-hydrogen) atoms. The molecule has 6 nitrogen and oxygen atoms in total. The van der Waals surface area contributed by atoms with Crippen LogP contribution in [0.5, 0.6) is 0 Å². The van der Waals surface area contributed by atoms with E-state index in [4.69, 9.17) is 0 Å². The summed E-state index contributed by atoms with van der Waals surface area (Å²) in [4.78, 5) is 20.6. The number of rotatable bonds is 6. The van der Waals surface area contributed by atoms with Crippen molar-refractivity contribution in [1.82, 2.24) is 20.2 Å². The second kappa shape index (κ2) is 13.7. The topological polar surface area (TPSA) is 70.2 Å². The maximum Gasteiger partial charge on any atom is 0.416 e. The molecule has 1 aliphatic heterocycles. The summed E-state index contributed by atoms with van der Waals surface area (Å²) in [5.41, 5.74) is -0.398. The summed E-state index contributed by atoms with van der Waals surface area (Å²) in [6, 6.07) is 4.87. The summed E-state index contributed by atoms with van der Waals surface area (Å²) in [7, 11) is 2.08. The normalized spacial score (nSPS) is 20.8. The fraction of sp³-hybridized carbons (Fsp3) is 0.654. The molecule has 2 heterocycles. The number of alkyl halides is 3. The molecule has 1 saturated heterocycles. The second-order valence-corrected chi connectivity index (χ2v) is 9.25. The van der Waals surface area contributed by atoms with Crippen LogP contribution in [0, 0.1) is 11.8 Å². The number of anilines is 1. The highest BCUT2D eigenvalue weighted by molar-refractivity contribution is 5.90. The van der Waals surface area contributed by atoms with Gasteiger partial charge in [0.1, 0.15) is 18.4 Å². The zero-order valence-electron chi connectivity index (χ0n) is 21.5. The van der Waals surface area contributed by atoms with E-state index < -0.39 is 11.7 Å². The fourth-order valence-corrected chi connectivity index (χ4v) is 4.64. The zero-order chi connectivity index (χ0) is 26.0. The van der Waals surface area contributed by atoms with Crippen molar-refractivity contribution in [2.45, 2.75) is 71.6 Å². The lowest BCUT2D eigenvalue weighted by atomic mass is 9.78. The number of benzene rings is 1. The van der Waals surface area contributed by atoms with Crippen LogP contribution in [0.3, 0.4) is 0 Å². The molecule has 2 aromatic rings. The zero-order valence-corrected chi connectivity index (χ0v) is 21.5. The van der Waals surface area contributed by atoms with E-state index >= 15 is 0 Å². The number of fused-ring (bicyclic) bond motifs is 1. The van der Waals surface area contributed by atoms with Gasteiger partial charge < -0.3 is 15.4 Å². The van der Waals surface area contributed by atoms with Gasteiger partial charge in [0.15, 0.2) is 0 Å². The number of hydrogen-bond acceptors (Lipinski definition) is 6. The van der Waals surface area contributed by atoms with Gasteiger partial charge >= 0.3 is 6.18 Å². The molecule has 0 spiro atoms. The van der Waals surface area contributed by atoms with Crippen molar-refractivity contribution in [1.29, 1.82) is 0 Å². The van der Waals surface area contributed by atoms with E-state index in [2.05, 4.69) is 46.4 Å². The highest BCUT2D eigenvalue weighted by Gasteiger charge is 2.34. The summed E-state index contributed by atoms with van der Waals surface area (Å²) in [5, 5.41) is 6.22. The first-order valence-corrected chi connectivity index (χ1v) is 12.6. The molecular formula is C26H40F3N5O. The first kappa shape index (κ1) is 29.0. The third kappa shape index (κ3) is 8.14. The van der Waals surface area contributed by atoms with Gasteiger partial charge in [-0.05, 0) is 62.8 Å². The first-order chi connectivity index (χ1) is 16.7. The summed E-state index contributed by atoms with van der Waals surface area (Å²) in [6.45, 7) is 11.3. The monoisotopic (exact) mass is 495 g/mol. The maximum atomic E-state index is 12.6. The van der Waals surface area contributed by atoms with Gasteiger partial charge in [0.2, 0.25) is 0 Å². The van der Waals surface area contributed by atoms with Crippen molar-refractivity contribution in [3.8, 4) is 0 Å². The van der Waals surface area contributed by atoms with E-state index in [-0.39, 0.29) is 17.7 Å². The number of halogens is 3. The quantitative estimate of drug-likeness (QED) is 0.524. The van der Waals surface area contributed by atoms with Gasteiger partial charge in [-0.3, -0.25) is 4.90 Å². The average molecular weight is 496 g/mol. The van der Waals surface area contributed by atoms with Crippen molar-refractivity contribution in [2.24, 2.45) is 11.8 Å². The molecule has 0 bridgehead atoms. The molecule has 2 aliphatic rings. The van der Waals surface area contributed by atoms with Crippen LogP contribution >= 0.6 is 0 Å². The Bertz CT molecular complexity index is 907. The number of nitrogens with zero attached hydrogens (tertiary/aromatic N) is 3. The Balaban J connectivity index is 0.000000234. The second-order valence-electron chi connectivity index (χ2n) is 9.25. The molecule has 4 rings (SSSR count). The summed E-state index contributed by atoms with van der Waals surface area (Å²) in [6.07, 6.45) is 3.21. The first-order valence-electron chi connectivity index (χ1n) is 12.6. The molecule has 2 N–H and O–H groups in total. The van der Waals surface area contributed by atoms with Crippen molar-refractivity contribution >= 4 is 23.0 Å². The lowest BCUT2D eigenvalue weighted by Crippen LogP contribution is -2.60. The Morgan fingerprint density at radius 3 is 2.31 bits per heavy atom. The van der Waals surface area contributed by atoms with E-state index in [1.165, 1.54) is 51.2 Å².